The zero-order valence-corrected chi connectivity index (χ0v) is 15.8. The summed E-state index contributed by atoms with van der Waals surface area (Å²) in [5.41, 5.74) is 4.87. The van der Waals surface area contributed by atoms with Crippen molar-refractivity contribution >= 4 is 44.9 Å². The van der Waals surface area contributed by atoms with E-state index < -0.39 is 0 Å². The van der Waals surface area contributed by atoms with E-state index in [9.17, 15) is 4.79 Å². The molecule has 0 saturated heterocycles. The van der Waals surface area contributed by atoms with Gasteiger partial charge in [0.25, 0.3) is 5.91 Å². The van der Waals surface area contributed by atoms with Crippen LogP contribution >= 0.6 is 28.1 Å². The molecule has 0 unspecified atom stereocenters. The Labute approximate surface area is 150 Å². The lowest BCUT2D eigenvalue weighted by Crippen LogP contribution is -2.34. The van der Waals surface area contributed by atoms with E-state index in [0.29, 0.717) is 10.7 Å². The first-order valence-corrected chi connectivity index (χ1v) is 8.59. The second-order valence-electron chi connectivity index (χ2n) is 5.33. The Morgan fingerprint density at radius 3 is 2.57 bits per heavy atom. The van der Waals surface area contributed by atoms with Crippen molar-refractivity contribution in [2.45, 2.75) is 27.2 Å². The van der Waals surface area contributed by atoms with Gasteiger partial charge in [0.05, 0.1) is 0 Å². The number of amides is 1. The lowest BCUT2D eigenvalue weighted by atomic mass is 10.1. The number of aryl methyl sites for hydroxylation is 3. The summed E-state index contributed by atoms with van der Waals surface area (Å²) in [6.45, 7) is 6.08. The van der Waals surface area contributed by atoms with Gasteiger partial charge in [0.2, 0.25) is 0 Å². The summed E-state index contributed by atoms with van der Waals surface area (Å²) in [5.74, 6) is -0.227. The third-order valence-corrected chi connectivity index (χ3v) is 4.70. The summed E-state index contributed by atoms with van der Waals surface area (Å²) in [5, 5.41) is 6.18. The summed E-state index contributed by atoms with van der Waals surface area (Å²) in [4.78, 5) is 12.3. The van der Waals surface area contributed by atoms with E-state index in [4.69, 9.17) is 12.2 Å². The van der Waals surface area contributed by atoms with Crippen LogP contribution in [0.25, 0.3) is 0 Å². The molecular formula is C18H19BrN2OS. The van der Waals surface area contributed by atoms with Crippen molar-refractivity contribution < 1.29 is 4.79 Å². The van der Waals surface area contributed by atoms with Gasteiger partial charge in [-0.3, -0.25) is 10.1 Å². The molecule has 0 aliphatic carbocycles. The Balaban J connectivity index is 2.10. The van der Waals surface area contributed by atoms with Gasteiger partial charge in [-0.05, 0) is 61.3 Å². The highest BCUT2D eigenvalue weighted by molar-refractivity contribution is 9.10. The number of anilines is 1. The number of halogens is 1. The number of para-hydroxylation sites is 1. The molecule has 3 nitrogen and oxygen atoms in total. The van der Waals surface area contributed by atoms with E-state index in [0.717, 1.165) is 27.7 Å². The largest absolute Gasteiger partial charge is 0.332 e. The van der Waals surface area contributed by atoms with Crippen LogP contribution in [-0.2, 0) is 6.42 Å². The molecule has 0 saturated carbocycles. The summed E-state index contributed by atoms with van der Waals surface area (Å²) >= 11 is 8.72. The molecule has 120 valence electrons. The maximum atomic E-state index is 12.3. The van der Waals surface area contributed by atoms with E-state index in [1.54, 1.807) is 12.1 Å². The van der Waals surface area contributed by atoms with E-state index in [-0.39, 0.29) is 5.91 Å². The van der Waals surface area contributed by atoms with Crippen LogP contribution in [0.2, 0.25) is 0 Å². The second kappa shape index (κ2) is 7.70. The molecule has 0 fully saturated rings. The molecule has 0 aliphatic rings. The highest BCUT2D eigenvalue weighted by Crippen LogP contribution is 2.21. The van der Waals surface area contributed by atoms with E-state index >= 15 is 0 Å². The van der Waals surface area contributed by atoms with Crippen molar-refractivity contribution in [1.82, 2.24) is 5.32 Å². The van der Waals surface area contributed by atoms with Crippen molar-refractivity contribution in [1.29, 1.82) is 0 Å². The van der Waals surface area contributed by atoms with Crippen LogP contribution in [0.5, 0.6) is 0 Å². The number of rotatable bonds is 3. The molecule has 0 bridgehead atoms. The van der Waals surface area contributed by atoms with Gasteiger partial charge in [0.1, 0.15) is 0 Å². The number of benzene rings is 2. The van der Waals surface area contributed by atoms with Gasteiger partial charge in [0, 0.05) is 15.7 Å². The van der Waals surface area contributed by atoms with Crippen molar-refractivity contribution in [3.8, 4) is 0 Å². The third-order valence-electron chi connectivity index (χ3n) is 3.64. The quantitative estimate of drug-likeness (QED) is 0.742. The normalized spacial score (nSPS) is 10.3. The molecule has 1 amide bonds. The van der Waals surface area contributed by atoms with Gasteiger partial charge in [-0.25, -0.2) is 0 Å². The summed E-state index contributed by atoms with van der Waals surface area (Å²) < 4.78 is 0.899. The van der Waals surface area contributed by atoms with Crippen LogP contribution in [0.15, 0.2) is 40.9 Å². The van der Waals surface area contributed by atoms with Crippen molar-refractivity contribution in [3.63, 3.8) is 0 Å². The molecule has 2 N–H and O–H groups in total. The predicted octanol–water partition coefficient (Wildman–Crippen LogP) is 4.76. The zero-order chi connectivity index (χ0) is 17.0. The van der Waals surface area contributed by atoms with E-state index in [2.05, 4.69) is 39.6 Å². The van der Waals surface area contributed by atoms with Crippen LogP contribution in [0.3, 0.4) is 0 Å². The molecule has 0 aliphatic heterocycles. The second-order valence-corrected chi connectivity index (χ2v) is 6.60. The maximum Gasteiger partial charge on any atom is 0.257 e. The first-order chi connectivity index (χ1) is 10.9. The minimum Gasteiger partial charge on any atom is -0.332 e. The van der Waals surface area contributed by atoms with Crippen LogP contribution in [0, 0.1) is 13.8 Å². The highest BCUT2D eigenvalue weighted by atomic mass is 79.9. The Hall–Kier alpha value is -1.72. The van der Waals surface area contributed by atoms with Gasteiger partial charge < -0.3 is 5.32 Å². The minimum atomic E-state index is -0.227. The number of hydrogen-bond acceptors (Lipinski definition) is 2. The number of carbonyl (C=O) groups is 1. The Morgan fingerprint density at radius 1 is 1.17 bits per heavy atom. The van der Waals surface area contributed by atoms with E-state index in [1.165, 1.54) is 5.56 Å². The van der Waals surface area contributed by atoms with Crippen molar-refractivity contribution in [3.05, 3.63) is 63.1 Å². The molecule has 2 rings (SSSR count). The Kier molecular flexibility index (Phi) is 5.91. The zero-order valence-electron chi connectivity index (χ0n) is 13.4. The molecule has 0 atom stereocenters. The van der Waals surface area contributed by atoms with Crippen LogP contribution in [0.4, 0.5) is 5.69 Å². The lowest BCUT2D eigenvalue weighted by molar-refractivity contribution is 0.0977. The topological polar surface area (TPSA) is 41.1 Å². The highest BCUT2D eigenvalue weighted by Gasteiger charge is 2.11. The molecular weight excluding hydrogens is 372 g/mol. The molecule has 0 aromatic heterocycles. The van der Waals surface area contributed by atoms with E-state index in [1.807, 2.05) is 32.0 Å². The number of nitrogens with one attached hydrogen (secondary N) is 2. The first-order valence-electron chi connectivity index (χ1n) is 7.39. The summed E-state index contributed by atoms with van der Waals surface area (Å²) in [6, 6.07) is 11.6. The van der Waals surface area contributed by atoms with Gasteiger partial charge >= 0.3 is 0 Å². The van der Waals surface area contributed by atoms with Gasteiger partial charge in [-0.15, -0.1) is 0 Å². The number of hydrogen-bond donors (Lipinski definition) is 2. The molecule has 0 spiro atoms. The molecule has 2 aromatic carbocycles. The fraction of sp³-hybridized carbons (Fsp3) is 0.222. The van der Waals surface area contributed by atoms with Gasteiger partial charge in [-0.2, -0.15) is 0 Å². The average molecular weight is 391 g/mol. The van der Waals surface area contributed by atoms with Gasteiger partial charge in [-0.1, -0.05) is 47.1 Å². The smallest absolute Gasteiger partial charge is 0.257 e. The van der Waals surface area contributed by atoms with Crippen molar-refractivity contribution in [2.24, 2.45) is 0 Å². The minimum absolute atomic E-state index is 0.227. The lowest BCUT2D eigenvalue weighted by Gasteiger charge is -2.15. The molecule has 5 heteroatoms. The molecule has 23 heavy (non-hydrogen) atoms. The first kappa shape index (κ1) is 17.6. The molecule has 0 heterocycles. The van der Waals surface area contributed by atoms with Gasteiger partial charge in [0.15, 0.2) is 5.11 Å². The maximum absolute atomic E-state index is 12.3. The summed E-state index contributed by atoms with van der Waals surface area (Å²) in [6.07, 6.45) is 0.894. The SMILES string of the molecule is CCc1cccc(C)c1NC(=S)NC(=O)c1ccc(C)c(Br)c1. The summed E-state index contributed by atoms with van der Waals surface area (Å²) in [7, 11) is 0. The fourth-order valence-electron chi connectivity index (χ4n) is 2.26. The average Bonchev–Trinajstić information content (AvgIpc) is 2.51. The Morgan fingerprint density at radius 2 is 1.91 bits per heavy atom. The monoisotopic (exact) mass is 390 g/mol. The number of thiocarbonyl (C=S) groups is 1. The van der Waals surface area contributed by atoms with Crippen molar-refractivity contribution in [2.75, 3.05) is 5.32 Å². The van der Waals surface area contributed by atoms with Crippen LogP contribution in [0.1, 0.15) is 34.0 Å². The van der Waals surface area contributed by atoms with Crippen LogP contribution < -0.4 is 10.6 Å². The predicted molar refractivity (Wildman–Crippen MR) is 103 cm³/mol. The third kappa shape index (κ3) is 4.39. The standard InChI is InChI=1S/C18H19BrN2OS/c1-4-13-7-5-6-12(3)16(13)20-18(23)21-17(22)14-9-8-11(2)15(19)10-14/h5-10H,4H2,1-3H3,(H2,20,21,22,23). The number of carbonyl (C=O) groups excluding carboxylic acids is 1. The van der Waals surface area contributed by atoms with Crippen LogP contribution in [-0.4, -0.2) is 11.0 Å². The fourth-order valence-corrected chi connectivity index (χ4v) is 2.83. The Bertz CT molecular complexity index is 759. The molecule has 2 aromatic rings. The molecule has 0 radical (unpaired) electrons.